The topological polar surface area (TPSA) is 45.9 Å². The van der Waals surface area contributed by atoms with Gasteiger partial charge in [0.25, 0.3) is 0 Å². The maximum absolute atomic E-state index is 12.6. The van der Waals surface area contributed by atoms with Crippen molar-refractivity contribution in [2.45, 2.75) is 19.4 Å². The van der Waals surface area contributed by atoms with E-state index in [4.69, 9.17) is 9.15 Å². The number of amides is 1. The normalized spacial score (nSPS) is 21.3. The third kappa shape index (κ3) is 3.06. The number of hydrogen-bond acceptors (Lipinski definition) is 4. The number of likely N-dealkylation sites (N-methyl/N-ethyl adjacent to an activating group) is 1. The summed E-state index contributed by atoms with van der Waals surface area (Å²) in [5.74, 6) is 1.42. The van der Waals surface area contributed by atoms with Crippen LogP contribution in [0.4, 0.5) is 0 Å². The number of ether oxygens (including phenoxy) is 1. The molecule has 1 aliphatic rings. The summed E-state index contributed by atoms with van der Waals surface area (Å²) < 4.78 is 10.8. The van der Waals surface area contributed by atoms with Crippen LogP contribution in [0.1, 0.15) is 12.5 Å². The first-order valence-electron chi connectivity index (χ1n) is 7.98. The Hall–Kier alpha value is -2.01. The van der Waals surface area contributed by atoms with Crippen LogP contribution in [0.3, 0.4) is 0 Å². The van der Waals surface area contributed by atoms with Crippen LogP contribution >= 0.6 is 0 Å². The summed E-state index contributed by atoms with van der Waals surface area (Å²) in [4.78, 5) is 16.8. The van der Waals surface area contributed by atoms with Gasteiger partial charge in [0, 0.05) is 36.1 Å². The van der Waals surface area contributed by atoms with Gasteiger partial charge in [-0.1, -0.05) is 6.92 Å². The Morgan fingerprint density at radius 2 is 2.17 bits per heavy atom. The lowest BCUT2D eigenvalue weighted by molar-refractivity contribution is -0.129. The van der Waals surface area contributed by atoms with E-state index in [0.717, 1.165) is 35.4 Å². The summed E-state index contributed by atoms with van der Waals surface area (Å²) in [6, 6.07) is 6.13. The number of fused-ring (bicyclic) bond motifs is 1. The van der Waals surface area contributed by atoms with E-state index in [-0.39, 0.29) is 5.91 Å². The van der Waals surface area contributed by atoms with Gasteiger partial charge in [-0.05, 0) is 32.1 Å². The third-order valence-corrected chi connectivity index (χ3v) is 4.79. The van der Waals surface area contributed by atoms with E-state index in [1.807, 2.05) is 23.1 Å². The van der Waals surface area contributed by atoms with Gasteiger partial charge in [0.2, 0.25) is 5.91 Å². The second kappa shape index (κ2) is 6.24. The van der Waals surface area contributed by atoms with E-state index in [1.165, 1.54) is 0 Å². The standard InChI is InChI=1S/C18H24N2O3/c1-12-9-20(10-16(12)19(2)3)18(21)7-13-11-23-17-8-14(22-4)5-6-15(13)17/h5-6,8,11-12,16H,7,9-10H2,1-4H3. The van der Waals surface area contributed by atoms with Crippen molar-refractivity contribution in [3.63, 3.8) is 0 Å². The Bertz CT molecular complexity index is 707. The molecule has 0 spiro atoms. The van der Waals surface area contributed by atoms with Gasteiger partial charge in [0.15, 0.2) is 0 Å². The summed E-state index contributed by atoms with van der Waals surface area (Å²) in [5, 5.41) is 0.982. The molecule has 2 atom stereocenters. The highest BCUT2D eigenvalue weighted by Gasteiger charge is 2.33. The van der Waals surface area contributed by atoms with E-state index >= 15 is 0 Å². The summed E-state index contributed by atoms with van der Waals surface area (Å²) in [5.41, 5.74) is 1.70. The highest BCUT2D eigenvalue weighted by atomic mass is 16.5. The average Bonchev–Trinajstić information content (AvgIpc) is 3.10. The van der Waals surface area contributed by atoms with Gasteiger partial charge in [0.05, 0.1) is 19.8 Å². The molecule has 0 bridgehead atoms. The van der Waals surface area contributed by atoms with Gasteiger partial charge in [-0.2, -0.15) is 0 Å². The monoisotopic (exact) mass is 316 g/mol. The van der Waals surface area contributed by atoms with Crippen LogP contribution in [0.25, 0.3) is 11.0 Å². The van der Waals surface area contributed by atoms with E-state index in [9.17, 15) is 4.79 Å². The van der Waals surface area contributed by atoms with Crippen molar-refractivity contribution in [3.05, 3.63) is 30.0 Å². The van der Waals surface area contributed by atoms with Crippen molar-refractivity contribution in [1.82, 2.24) is 9.80 Å². The molecule has 0 aliphatic carbocycles. The molecular formula is C18H24N2O3. The molecule has 1 amide bonds. The summed E-state index contributed by atoms with van der Waals surface area (Å²) in [7, 11) is 5.78. The van der Waals surface area contributed by atoms with Crippen molar-refractivity contribution < 1.29 is 13.9 Å². The van der Waals surface area contributed by atoms with Crippen LogP contribution in [0.5, 0.6) is 5.75 Å². The van der Waals surface area contributed by atoms with Gasteiger partial charge in [0.1, 0.15) is 11.3 Å². The molecule has 0 saturated carbocycles. The smallest absolute Gasteiger partial charge is 0.227 e. The Kier molecular flexibility index (Phi) is 4.31. The van der Waals surface area contributed by atoms with Crippen molar-refractivity contribution in [2.24, 2.45) is 5.92 Å². The number of carbonyl (C=O) groups excluding carboxylic acids is 1. The molecule has 23 heavy (non-hydrogen) atoms. The number of furan rings is 1. The van der Waals surface area contributed by atoms with Crippen molar-refractivity contribution in [3.8, 4) is 5.75 Å². The Labute approximate surface area is 136 Å². The van der Waals surface area contributed by atoms with Crippen LogP contribution in [-0.2, 0) is 11.2 Å². The minimum Gasteiger partial charge on any atom is -0.497 e. The molecule has 1 aromatic heterocycles. The van der Waals surface area contributed by atoms with Gasteiger partial charge < -0.3 is 19.0 Å². The zero-order chi connectivity index (χ0) is 16.6. The molecule has 3 rings (SSSR count). The number of hydrogen-bond donors (Lipinski definition) is 0. The molecule has 5 heteroatoms. The number of methoxy groups -OCH3 is 1. The molecule has 2 unspecified atom stereocenters. The van der Waals surface area contributed by atoms with Crippen molar-refractivity contribution in [1.29, 1.82) is 0 Å². The fourth-order valence-electron chi connectivity index (χ4n) is 3.43. The summed E-state index contributed by atoms with van der Waals surface area (Å²) in [6.45, 7) is 3.83. The molecule has 1 aliphatic heterocycles. The second-order valence-corrected chi connectivity index (χ2v) is 6.61. The lowest BCUT2D eigenvalue weighted by atomic mass is 10.1. The number of rotatable bonds is 4. The van der Waals surface area contributed by atoms with E-state index in [0.29, 0.717) is 18.4 Å². The first-order chi connectivity index (χ1) is 11.0. The molecule has 5 nitrogen and oxygen atoms in total. The molecule has 2 aromatic rings. The largest absolute Gasteiger partial charge is 0.497 e. The molecule has 1 saturated heterocycles. The zero-order valence-electron chi connectivity index (χ0n) is 14.2. The lowest BCUT2D eigenvalue weighted by Gasteiger charge is -2.22. The molecule has 1 aromatic carbocycles. The Morgan fingerprint density at radius 1 is 1.39 bits per heavy atom. The number of likely N-dealkylation sites (tertiary alicyclic amines) is 1. The van der Waals surface area contributed by atoms with Gasteiger partial charge >= 0.3 is 0 Å². The fourth-order valence-corrected chi connectivity index (χ4v) is 3.43. The minimum atomic E-state index is 0.166. The molecule has 124 valence electrons. The first kappa shape index (κ1) is 15.9. The number of nitrogens with zero attached hydrogens (tertiary/aromatic N) is 2. The van der Waals surface area contributed by atoms with Crippen LogP contribution in [0.15, 0.2) is 28.9 Å². The number of carbonyl (C=O) groups is 1. The predicted octanol–water partition coefficient (Wildman–Crippen LogP) is 2.39. The third-order valence-electron chi connectivity index (χ3n) is 4.79. The lowest BCUT2D eigenvalue weighted by Crippen LogP contribution is -2.36. The second-order valence-electron chi connectivity index (χ2n) is 6.61. The van der Waals surface area contributed by atoms with Gasteiger partial charge in [-0.3, -0.25) is 4.79 Å². The van der Waals surface area contributed by atoms with Crippen molar-refractivity contribution >= 4 is 16.9 Å². The molecule has 0 radical (unpaired) electrons. The molecule has 2 heterocycles. The van der Waals surface area contributed by atoms with Crippen LogP contribution in [0.2, 0.25) is 0 Å². The molecular weight excluding hydrogens is 292 g/mol. The van der Waals surface area contributed by atoms with Crippen molar-refractivity contribution in [2.75, 3.05) is 34.3 Å². The highest BCUT2D eigenvalue weighted by Crippen LogP contribution is 2.27. The van der Waals surface area contributed by atoms with Crippen LogP contribution in [-0.4, -0.2) is 56.0 Å². The quantitative estimate of drug-likeness (QED) is 0.869. The number of benzene rings is 1. The SMILES string of the molecule is COc1ccc2c(CC(=O)N3CC(C)C(N(C)C)C3)coc2c1. The fraction of sp³-hybridized carbons (Fsp3) is 0.500. The maximum atomic E-state index is 12.6. The first-order valence-corrected chi connectivity index (χ1v) is 7.98. The average molecular weight is 316 g/mol. The molecule has 0 N–H and O–H groups in total. The van der Waals surface area contributed by atoms with Crippen LogP contribution < -0.4 is 4.74 Å². The van der Waals surface area contributed by atoms with E-state index < -0.39 is 0 Å². The summed E-state index contributed by atoms with van der Waals surface area (Å²) in [6.07, 6.45) is 2.07. The minimum absolute atomic E-state index is 0.166. The van der Waals surface area contributed by atoms with Gasteiger partial charge in [-0.25, -0.2) is 0 Å². The highest BCUT2D eigenvalue weighted by molar-refractivity contribution is 5.88. The summed E-state index contributed by atoms with van der Waals surface area (Å²) >= 11 is 0. The van der Waals surface area contributed by atoms with E-state index in [2.05, 4.69) is 25.9 Å². The van der Waals surface area contributed by atoms with E-state index in [1.54, 1.807) is 13.4 Å². The van der Waals surface area contributed by atoms with Crippen LogP contribution in [0, 0.1) is 5.92 Å². The Morgan fingerprint density at radius 3 is 2.83 bits per heavy atom. The maximum Gasteiger partial charge on any atom is 0.227 e. The predicted molar refractivity (Wildman–Crippen MR) is 89.7 cm³/mol. The molecule has 1 fully saturated rings. The Balaban J connectivity index is 1.74. The zero-order valence-corrected chi connectivity index (χ0v) is 14.2. The van der Waals surface area contributed by atoms with Gasteiger partial charge in [-0.15, -0.1) is 0 Å².